The molecule has 0 saturated heterocycles. The molecule has 4 heteroatoms. The van der Waals surface area contributed by atoms with Gasteiger partial charge in [-0.05, 0) is 87.4 Å². The van der Waals surface area contributed by atoms with E-state index < -0.39 is 0 Å². The molecule has 162 valence electrons. The van der Waals surface area contributed by atoms with Gasteiger partial charge in [0.05, 0.1) is 12.7 Å². The Morgan fingerprint density at radius 1 is 1.17 bits per heavy atom. The fourth-order valence-electron chi connectivity index (χ4n) is 7.73. The van der Waals surface area contributed by atoms with Crippen LogP contribution in [0.15, 0.2) is 11.6 Å². The summed E-state index contributed by atoms with van der Waals surface area (Å²) >= 11 is 0. The van der Waals surface area contributed by atoms with E-state index in [1.165, 1.54) is 5.57 Å². The van der Waals surface area contributed by atoms with E-state index in [-0.39, 0.29) is 22.9 Å². The third kappa shape index (κ3) is 3.49. The van der Waals surface area contributed by atoms with E-state index >= 15 is 0 Å². The van der Waals surface area contributed by atoms with Gasteiger partial charge in [-0.25, -0.2) is 0 Å². The summed E-state index contributed by atoms with van der Waals surface area (Å²) < 4.78 is 5.03. The Balaban J connectivity index is 1.47. The van der Waals surface area contributed by atoms with Gasteiger partial charge in [-0.1, -0.05) is 25.5 Å². The summed E-state index contributed by atoms with van der Waals surface area (Å²) in [5, 5.41) is 11.2. The van der Waals surface area contributed by atoms with Crippen molar-refractivity contribution in [2.24, 2.45) is 34.5 Å². The van der Waals surface area contributed by atoms with Gasteiger partial charge in [0.15, 0.2) is 0 Å². The lowest BCUT2D eigenvalue weighted by Gasteiger charge is -2.61. The normalized spacial score (nSPS) is 45.4. The van der Waals surface area contributed by atoms with Gasteiger partial charge in [-0.2, -0.15) is 0 Å². The average Bonchev–Trinajstić information content (AvgIpc) is 2.98. The summed E-state index contributed by atoms with van der Waals surface area (Å²) in [6, 6.07) is 0. The lowest BCUT2D eigenvalue weighted by Crippen LogP contribution is -2.57. The highest BCUT2D eigenvalue weighted by Crippen LogP contribution is 2.65. The van der Waals surface area contributed by atoms with E-state index in [4.69, 9.17) is 4.74 Å². The lowest BCUT2D eigenvalue weighted by molar-refractivity contribution is -0.155. The molecule has 4 rings (SSSR count). The van der Waals surface area contributed by atoms with E-state index in [1.807, 2.05) is 6.92 Å². The largest absolute Gasteiger partial charge is 0.466 e. The zero-order valence-electron chi connectivity index (χ0n) is 18.4. The van der Waals surface area contributed by atoms with Crippen LogP contribution in [0, 0.1) is 34.5 Å². The SMILES string of the molecule is CCOC(=O)CC/C=C1\CC[C@]2(C)C3CC[C@]4(C)C(=O)CCC4C3C[C@H](O)C2C1. The van der Waals surface area contributed by atoms with E-state index in [2.05, 4.69) is 19.9 Å². The van der Waals surface area contributed by atoms with Gasteiger partial charge < -0.3 is 9.84 Å². The summed E-state index contributed by atoms with van der Waals surface area (Å²) in [5.41, 5.74) is 1.45. The van der Waals surface area contributed by atoms with Crippen molar-refractivity contribution in [2.45, 2.75) is 91.1 Å². The van der Waals surface area contributed by atoms with Crippen molar-refractivity contribution in [1.29, 1.82) is 0 Å². The zero-order valence-corrected chi connectivity index (χ0v) is 18.4. The second kappa shape index (κ2) is 7.83. The molecular formula is C25H38O4. The third-order valence-electron chi connectivity index (χ3n) is 9.37. The van der Waals surface area contributed by atoms with Crippen LogP contribution in [0.2, 0.25) is 0 Å². The molecule has 0 aromatic heterocycles. The van der Waals surface area contributed by atoms with Gasteiger partial charge in [-0.3, -0.25) is 9.59 Å². The predicted molar refractivity (Wildman–Crippen MR) is 112 cm³/mol. The molecule has 0 bridgehead atoms. The summed E-state index contributed by atoms with van der Waals surface area (Å²) in [6.45, 7) is 6.91. The average molecular weight is 403 g/mol. The molecule has 0 aromatic rings. The minimum Gasteiger partial charge on any atom is -0.466 e. The van der Waals surface area contributed by atoms with Crippen LogP contribution in [0.5, 0.6) is 0 Å². The molecule has 7 atom stereocenters. The summed E-state index contributed by atoms with van der Waals surface area (Å²) in [4.78, 5) is 24.2. The number of carbonyl (C=O) groups excluding carboxylic acids is 2. The Labute approximate surface area is 175 Å². The number of rotatable bonds is 4. The summed E-state index contributed by atoms with van der Waals surface area (Å²) in [7, 11) is 0. The Hall–Kier alpha value is -1.16. The van der Waals surface area contributed by atoms with Crippen LogP contribution in [0.25, 0.3) is 0 Å². The first-order chi connectivity index (χ1) is 13.8. The van der Waals surface area contributed by atoms with Gasteiger partial charge in [0.2, 0.25) is 0 Å². The Morgan fingerprint density at radius 2 is 1.97 bits per heavy atom. The van der Waals surface area contributed by atoms with E-state index in [9.17, 15) is 14.7 Å². The molecule has 4 nitrogen and oxygen atoms in total. The van der Waals surface area contributed by atoms with E-state index in [0.29, 0.717) is 42.5 Å². The molecule has 4 saturated carbocycles. The summed E-state index contributed by atoms with van der Waals surface area (Å²) in [5.74, 6) is 2.28. The highest BCUT2D eigenvalue weighted by atomic mass is 16.5. The minimum atomic E-state index is -0.270. The number of allylic oxidation sites excluding steroid dienone is 2. The molecule has 0 aliphatic heterocycles. The van der Waals surface area contributed by atoms with Crippen LogP contribution in [-0.2, 0) is 14.3 Å². The predicted octanol–water partition coefficient (Wildman–Crippen LogP) is 4.84. The molecule has 1 N–H and O–H groups in total. The molecule has 0 amide bonds. The van der Waals surface area contributed by atoms with Gasteiger partial charge >= 0.3 is 5.97 Å². The Kier molecular flexibility index (Phi) is 5.69. The molecule has 4 unspecified atom stereocenters. The highest BCUT2D eigenvalue weighted by molar-refractivity contribution is 5.87. The van der Waals surface area contributed by atoms with Crippen LogP contribution < -0.4 is 0 Å². The zero-order chi connectivity index (χ0) is 20.8. The topological polar surface area (TPSA) is 63.6 Å². The second-order valence-corrected chi connectivity index (χ2v) is 10.6. The fourth-order valence-corrected chi connectivity index (χ4v) is 7.73. The van der Waals surface area contributed by atoms with Crippen molar-refractivity contribution in [3.63, 3.8) is 0 Å². The maximum absolute atomic E-state index is 12.6. The van der Waals surface area contributed by atoms with Crippen LogP contribution in [0.1, 0.15) is 85.0 Å². The monoisotopic (exact) mass is 402 g/mol. The maximum atomic E-state index is 12.6. The molecule has 0 radical (unpaired) electrons. The van der Waals surface area contributed by atoms with Gasteiger partial charge in [0.25, 0.3) is 0 Å². The van der Waals surface area contributed by atoms with Crippen LogP contribution in [0.4, 0.5) is 0 Å². The van der Waals surface area contributed by atoms with Gasteiger partial charge in [0.1, 0.15) is 5.78 Å². The van der Waals surface area contributed by atoms with E-state index in [1.54, 1.807) is 0 Å². The molecule has 4 fully saturated rings. The first-order valence-electron chi connectivity index (χ1n) is 11.8. The van der Waals surface area contributed by atoms with Crippen LogP contribution in [-0.4, -0.2) is 29.6 Å². The Morgan fingerprint density at radius 3 is 2.72 bits per heavy atom. The number of ether oxygens (including phenoxy) is 1. The minimum absolute atomic E-state index is 0.123. The number of aliphatic hydroxyl groups is 1. The standard InChI is InChI=1S/C25H38O4/c1-4-29-23(28)7-5-6-16-10-12-24(2)19-11-13-25(3)18(8-9-22(25)27)17(19)15-21(26)20(24)14-16/h6,17-21,26H,4-5,7-15H2,1-3H3/b16-6+/t17?,18?,19?,20?,21-,24+,25-/m0/s1. The molecule has 29 heavy (non-hydrogen) atoms. The molecule has 4 aliphatic carbocycles. The second-order valence-electron chi connectivity index (χ2n) is 10.6. The van der Waals surface area contributed by atoms with E-state index in [0.717, 1.165) is 57.8 Å². The number of hydrogen-bond donors (Lipinski definition) is 1. The number of Topliss-reactive ketones (excluding diaryl/α,β-unsaturated/α-hetero) is 1. The van der Waals surface area contributed by atoms with Crippen molar-refractivity contribution >= 4 is 11.8 Å². The number of carbonyl (C=O) groups is 2. The van der Waals surface area contributed by atoms with Gasteiger partial charge in [0, 0.05) is 18.3 Å². The first kappa shape index (κ1) is 21.1. The van der Waals surface area contributed by atoms with Crippen molar-refractivity contribution in [3.8, 4) is 0 Å². The van der Waals surface area contributed by atoms with Crippen LogP contribution in [0.3, 0.4) is 0 Å². The molecule has 0 spiro atoms. The van der Waals surface area contributed by atoms with Gasteiger partial charge in [-0.15, -0.1) is 0 Å². The highest BCUT2D eigenvalue weighted by Gasteiger charge is 2.61. The lowest BCUT2D eigenvalue weighted by atomic mass is 9.44. The number of fused-ring (bicyclic) bond motifs is 5. The summed E-state index contributed by atoms with van der Waals surface area (Å²) in [6.07, 6.45) is 11.1. The van der Waals surface area contributed by atoms with Crippen molar-refractivity contribution in [2.75, 3.05) is 6.61 Å². The Bertz CT molecular complexity index is 697. The number of aliphatic hydroxyl groups excluding tert-OH is 1. The molecule has 0 aromatic carbocycles. The third-order valence-corrected chi connectivity index (χ3v) is 9.37. The smallest absolute Gasteiger partial charge is 0.306 e. The molecular weight excluding hydrogens is 364 g/mol. The molecule has 0 heterocycles. The maximum Gasteiger partial charge on any atom is 0.306 e. The number of hydrogen-bond acceptors (Lipinski definition) is 4. The van der Waals surface area contributed by atoms with Crippen molar-refractivity contribution in [3.05, 3.63) is 11.6 Å². The van der Waals surface area contributed by atoms with Crippen molar-refractivity contribution < 1.29 is 19.4 Å². The van der Waals surface area contributed by atoms with Crippen molar-refractivity contribution in [1.82, 2.24) is 0 Å². The molecule has 4 aliphatic rings. The quantitative estimate of drug-likeness (QED) is 0.540. The number of esters is 1. The first-order valence-corrected chi connectivity index (χ1v) is 11.8. The van der Waals surface area contributed by atoms with Crippen LogP contribution >= 0.6 is 0 Å². The fraction of sp³-hybridized carbons (Fsp3) is 0.840. The number of ketones is 1.